The van der Waals surface area contributed by atoms with Crippen LogP contribution in [0.1, 0.15) is 30.9 Å². The second kappa shape index (κ2) is 7.10. The summed E-state index contributed by atoms with van der Waals surface area (Å²) >= 11 is 0. The highest BCUT2D eigenvalue weighted by Gasteiger charge is 2.31. The second-order valence-corrected chi connectivity index (χ2v) is 7.23. The molecule has 0 aliphatic carbocycles. The van der Waals surface area contributed by atoms with Crippen molar-refractivity contribution >= 4 is 17.1 Å². The van der Waals surface area contributed by atoms with Crippen LogP contribution in [0, 0.1) is 0 Å². The molecule has 0 bridgehead atoms. The summed E-state index contributed by atoms with van der Waals surface area (Å²) in [5, 5.41) is 0. The first kappa shape index (κ1) is 18.2. The minimum absolute atomic E-state index is 0.0545. The Morgan fingerprint density at radius 3 is 2.36 bits per heavy atom. The van der Waals surface area contributed by atoms with Crippen molar-refractivity contribution in [1.29, 1.82) is 0 Å². The van der Waals surface area contributed by atoms with Crippen LogP contribution in [0.15, 0.2) is 46.2 Å². The summed E-state index contributed by atoms with van der Waals surface area (Å²) < 4.78 is 4.00. The number of amides is 1. The average molecular weight is 381 g/mol. The van der Waals surface area contributed by atoms with E-state index in [0.29, 0.717) is 13.1 Å². The highest BCUT2D eigenvalue weighted by molar-refractivity contribution is 5.86. The molecule has 1 amide bonds. The lowest BCUT2D eigenvalue weighted by Crippen LogP contribution is -2.42. The Morgan fingerprint density at radius 2 is 1.68 bits per heavy atom. The zero-order chi connectivity index (χ0) is 19.8. The number of rotatable bonds is 3. The summed E-state index contributed by atoms with van der Waals surface area (Å²) in [6, 6.07) is 8.70. The Bertz CT molecular complexity index is 1140. The molecular formula is C20H23N5O3. The number of carbonyl (C=O) groups excluding carboxylic acids is 1. The number of likely N-dealkylation sites (tertiary alicyclic amines) is 1. The van der Waals surface area contributed by atoms with Gasteiger partial charge in [-0.15, -0.1) is 0 Å². The number of fused-ring (bicyclic) bond motifs is 1. The summed E-state index contributed by atoms with van der Waals surface area (Å²) in [5.41, 5.74) is 0.418. The summed E-state index contributed by atoms with van der Waals surface area (Å²) in [6.45, 7) is 1.43. The topological polar surface area (TPSA) is 82.1 Å². The molecule has 8 nitrogen and oxygen atoms in total. The number of benzene rings is 1. The molecule has 0 N–H and O–H groups in total. The van der Waals surface area contributed by atoms with Crippen molar-refractivity contribution in [2.24, 2.45) is 14.1 Å². The molecule has 1 aliphatic heterocycles. The Kier molecular flexibility index (Phi) is 4.62. The molecule has 8 heteroatoms. The van der Waals surface area contributed by atoms with Crippen LogP contribution in [-0.4, -0.2) is 42.6 Å². The van der Waals surface area contributed by atoms with Gasteiger partial charge in [-0.05, 0) is 24.8 Å². The third-order valence-corrected chi connectivity index (χ3v) is 5.47. The molecule has 0 saturated carbocycles. The second-order valence-electron chi connectivity index (χ2n) is 7.23. The van der Waals surface area contributed by atoms with Crippen LogP contribution >= 0.6 is 0 Å². The number of imidazole rings is 1. The predicted octanol–water partition coefficient (Wildman–Crippen LogP) is 1.04. The summed E-state index contributed by atoms with van der Waals surface area (Å²) in [4.78, 5) is 44.8. The lowest BCUT2D eigenvalue weighted by atomic mass is 10.0. The van der Waals surface area contributed by atoms with E-state index in [4.69, 9.17) is 0 Å². The molecular weight excluding hydrogens is 358 g/mol. The van der Waals surface area contributed by atoms with Gasteiger partial charge in [0.1, 0.15) is 6.04 Å². The zero-order valence-electron chi connectivity index (χ0n) is 16.0. The molecule has 0 unspecified atom stereocenters. The van der Waals surface area contributed by atoms with Crippen molar-refractivity contribution in [3.05, 3.63) is 63.1 Å². The predicted molar refractivity (Wildman–Crippen MR) is 105 cm³/mol. The van der Waals surface area contributed by atoms with Crippen LogP contribution in [0.2, 0.25) is 0 Å². The molecule has 1 aliphatic rings. The monoisotopic (exact) mass is 381 g/mol. The standard InChI is InChI=1S/C20H23N5O3/c1-22-17-16(18(26)23(2)20(22)28)25(13-21-17)15(14-9-5-3-6-10-14)19(27)24-11-7-4-8-12-24/h3,5-6,9-10,13,15H,4,7-8,11-12H2,1-2H3/t15-/m0/s1. The van der Waals surface area contributed by atoms with E-state index in [9.17, 15) is 14.4 Å². The lowest BCUT2D eigenvalue weighted by molar-refractivity contribution is -0.134. The highest BCUT2D eigenvalue weighted by Crippen LogP contribution is 2.25. The van der Waals surface area contributed by atoms with E-state index >= 15 is 0 Å². The van der Waals surface area contributed by atoms with Crippen LogP contribution < -0.4 is 11.2 Å². The van der Waals surface area contributed by atoms with Gasteiger partial charge < -0.3 is 9.47 Å². The minimum Gasteiger partial charge on any atom is -0.341 e. The number of aromatic nitrogens is 4. The van der Waals surface area contributed by atoms with Crippen LogP contribution in [-0.2, 0) is 18.9 Å². The van der Waals surface area contributed by atoms with Gasteiger partial charge in [-0.25, -0.2) is 9.78 Å². The van der Waals surface area contributed by atoms with Crippen molar-refractivity contribution in [3.63, 3.8) is 0 Å². The molecule has 1 aromatic carbocycles. The molecule has 28 heavy (non-hydrogen) atoms. The van der Waals surface area contributed by atoms with Gasteiger partial charge >= 0.3 is 5.69 Å². The van der Waals surface area contributed by atoms with Gasteiger partial charge in [0.25, 0.3) is 5.56 Å². The number of aryl methyl sites for hydroxylation is 1. The van der Waals surface area contributed by atoms with Crippen LogP contribution in [0.5, 0.6) is 0 Å². The zero-order valence-corrected chi connectivity index (χ0v) is 16.0. The summed E-state index contributed by atoms with van der Waals surface area (Å²) in [5.74, 6) is -0.0545. The highest BCUT2D eigenvalue weighted by atomic mass is 16.2. The minimum atomic E-state index is -0.700. The van der Waals surface area contributed by atoms with Gasteiger partial charge in [0, 0.05) is 27.2 Å². The molecule has 2 aromatic heterocycles. The Hall–Kier alpha value is -3.16. The van der Waals surface area contributed by atoms with E-state index in [2.05, 4.69) is 4.98 Å². The lowest BCUT2D eigenvalue weighted by Gasteiger charge is -2.31. The largest absolute Gasteiger partial charge is 0.341 e. The van der Waals surface area contributed by atoms with Crippen molar-refractivity contribution in [2.75, 3.05) is 13.1 Å². The molecule has 1 fully saturated rings. The van der Waals surface area contributed by atoms with Gasteiger partial charge in [0.2, 0.25) is 5.91 Å². The molecule has 0 spiro atoms. The average Bonchev–Trinajstić information content (AvgIpc) is 3.17. The maximum absolute atomic E-state index is 13.5. The first-order chi connectivity index (χ1) is 13.5. The molecule has 3 heterocycles. The van der Waals surface area contributed by atoms with E-state index in [1.165, 1.54) is 17.9 Å². The Labute approximate surface area is 161 Å². The van der Waals surface area contributed by atoms with Gasteiger partial charge in [-0.3, -0.25) is 18.7 Å². The maximum Gasteiger partial charge on any atom is 0.332 e. The number of hydrogen-bond donors (Lipinski definition) is 0. The fourth-order valence-electron chi connectivity index (χ4n) is 3.90. The Morgan fingerprint density at radius 1 is 1.00 bits per heavy atom. The Balaban J connectivity index is 1.94. The van der Waals surface area contributed by atoms with E-state index in [-0.39, 0.29) is 17.1 Å². The van der Waals surface area contributed by atoms with Gasteiger partial charge in [0.15, 0.2) is 11.2 Å². The van der Waals surface area contributed by atoms with Gasteiger partial charge in [0.05, 0.1) is 6.33 Å². The first-order valence-corrected chi connectivity index (χ1v) is 9.47. The van der Waals surface area contributed by atoms with E-state index in [1.54, 1.807) is 11.6 Å². The molecule has 3 aromatic rings. The third kappa shape index (κ3) is 2.85. The van der Waals surface area contributed by atoms with E-state index in [1.807, 2.05) is 35.2 Å². The molecule has 1 saturated heterocycles. The smallest absolute Gasteiger partial charge is 0.332 e. The molecule has 4 rings (SSSR count). The van der Waals surface area contributed by atoms with Crippen molar-refractivity contribution < 1.29 is 4.79 Å². The quantitative estimate of drug-likeness (QED) is 0.679. The number of hydrogen-bond acceptors (Lipinski definition) is 4. The van der Waals surface area contributed by atoms with Gasteiger partial charge in [-0.1, -0.05) is 30.3 Å². The molecule has 1 atom stereocenters. The fourth-order valence-corrected chi connectivity index (χ4v) is 3.90. The van der Waals surface area contributed by atoms with Crippen LogP contribution in [0.25, 0.3) is 11.2 Å². The van der Waals surface area contributed by atoms with Crippen LogP contribution in [0.4, 0.5) is 0 Å². The van der Waals surface area contributed by atoms with Gasteiger partial charge in [-0.2, -0.15) is 0 Å². The van der Waals surface area contributed by atoms with Crippen molar-refractivity contribution in [2.45, 2.75) is 25.3 Å². The van der Waals surface area contributed by atoms with E-state index < -0.39 is 17.3 Å². The number of piperidine rings is 1. The normalized spacial score (nSPS) is 15.7. The maximum atomic E-state index is 13.5. The fraction of sp³-hybridized carbons (Fsp3) is 0.400. The number of carbonyl (C=O) groups is 1. The van der Waals surface area contributed by atoms with Crippen LogP contribution in [0.3, 0.4) is 0 Å². The molecule has 146 valence electrons. The summed E-state index contributed by atoms with van der Waals surface area (Å²) in [7, 11) is 3.01. The first-order valence-electron chi connectivity index (χ1n) is 9.47. The number of nitrogens with zero attached hydrogens (tertiary/aromatic N) is 5. The third-order valence-electron chi connectivity index (χ3n) is 5.47. The van der Waals surface area contributed by atoms with E-state index in [0.717, 1.165) is 29.4 Å². The SMILES string of the molecule is Cn1c(=O)c2c(ncn2[C@H](C(=O)N2CCCCC2)c2ccccc2)n(C)c1=O. The molecule has 0 radical (unpaired) electrons. The van der Waals surface area contributed by atoms with Crippen molar-refractivity contribution in [1.82, 2.24) is 23.6 Å². The van der Waals surface area contributed by atoms with Crippen molar-refractivity contribution in [3.8, 4) is 0 Å². The summed E-state index contributed by atoms with van der Waals surface area (Å²) in [6.07, 6.45) is 4.57.